The van der Waals surface area contributed by atoms with Gasteiger partial charge in [0.2, 0.25) is 0 Å². The van der Waals surface area contributed by atoms with Gasteiger partial charge in [-0.3, -0.25) is 5.32 Å². The van der Waals surface area contributed by atoms with Crippen molar-refractivity contribution in [2.45, 2.75) is 57.0 Å². The molecule has 0 radical (unpaired) electrons. The smallest absolute Gasteiger partial charge is 0.328 e. The minimum absolute atomic E-state index is 0.262. The van der Waals surface area contributed by atoms with Gasteiger partial charge in [-0.25, -0.2) is 4.79 Å². The number of hydrogen-bond acceptors (Lipinski definition) is 2. The Hall–Kier alpha value is -1.06. The highest BCUT2D eigenvalue weighted by molar-refractivity contribution is 6.30. The standard InChI is InChI=1S/C16H22ClNO2/c1-16(15(19)20,12-7-6-8-13(17)11-12)18-14-9-4-2-3-5-10-14/h6-8,11,14,18H,2-5,9-10H2,1H3,(H,19,20). The Morgan fingerprint density at radius 3 is 2.50 bits per heavy atom. The van der Waals surface area contributed by atoms with Crippen molar-refractivity contribution in [2.24, 2.45) is 0 Å². The molecule has 0 amide bonds. The molecule has 0 spiro atoms. The second kappa shape index (κ2) is 6.59. The van der Waals surface area contributed by atoms with Crippen LogP contribution in [0.15, 0.2) is 24.3 Å². The van der Waals surface area contributed by atoms with E-state index in [4.69, 9.17) is 11.6 Å². The van der Waals surface area contributed by atoms with Crippen molar-refractivity contribution in [1.82, 2.24) is 5.32 Å². The molecule has 4 heteroatoms. The van der Waals surface area contributed by atoms with Crippen LogP contribution in [0.3, 0.4) is 0 Å². The Labute approximate surface area is 125 Å². The summed E-state index contributed by atoms with van der Waals surface area (Å²) in [6.07, 6.45) is 6.93. The van der Waals surface area contributed by atoms with Crippen LogP contribution < -0.4 is 5.32 Å². The summed E-state index contributed by atoms with van der Waals surface area (Å²) in [5.74, 6) is -0.857. The molecule has 0 heterocycles. The number of carbonyl (C=O) groups is 1. The molecule has 1 aromatic carbocycles. The topological polar surface area (TPSA) is 49.3 Å². The van der Waals surface area contributed by atoms with Crippen LogP contribution in [0.1, 0.15) is 51.0 Å². The van der Waals surface area contributed by atoms with E-state index in [1.165, 1.54) is 25.7 Å². The lowest BCUT2D eigenvalue weighted by atomic mass is 9.90. The van der Waals surface area contributed by atoms with Crippen molar-refractivity contribution in [3.63, 3.8) is 0 Å². The minimum atomic E-state index is -1.08. The molecule has 1 aliphatic rings. The largest absolute Gasteiger partial charge is 0.480 e. The van der Waals surface area contributed by atoms with Gasteiger partial charge >= 0.3 is 5.97 Å². The lowest BCUT2D eigenvalue weighted by Gasteiger charge is -2.32. The Morgan fingerprint density at radius 2 is 1.95 bits per heavy atom. The number of carboxylic acid groups (broad SMARTS) is 1. The fourth-order valence-electron chi connectivity index (χ4n) is 2.90. The van der Waals surface area contributed by atoms with Gasteiger partial charge in [0.1, 0.15) is 5.54 Å². The summed E-state index contributed by atoms with van der Waals surface area (Å²) in [5.41, 5.74) is -0.373. The van der Waals surface area contributed by atoms with Crippen LogP contribution in [0.4, 0.5) is 0 Å². The normalized spacial score (nSPS) is 20.1. The first-order valence-corrected chi connectivity index (χ1v) is 7.67. The Bertz CT molecular complexity index is 469. The van der Waals surface area contributed by atoms with Crippen LogP contribution in [-0.4, -0.2) is 17.1 Å². The molecule has 2 rings (SSSR count). The molecule has 110 valence electrons. The van der Waals surface area contributed by atoms with Gasteiger partial charge in [0, 0.05) is 11.1 Å². The Morgan fingerprint density at radius 1 is 1.30 bits per heavy atom. The fraction of sp³-hybridized carbons (Fsp3) is 0.562. The van der Waals surface area contributed by atoms with Crippen molar-refractivity contribution in [2.75, 3.05) is 0 Å². The van der Waals surface area contributed by atoms with Crippen molar-refractivity contribution in [3.05, 3.63) is 34.9 Å². The maximum absolute atomic E-state index is 11.8. The summed E-state index contributed by atoms with van der Waals surface area (Å²) >= 11 is 6.00. The van der Waals surface area contributed by atoms with Crippen molar-refractivity contribution in [3.8, 4) is 0 Å². The molecule has 0 aliphatic heterocycles. The number of halogens is 1. The Balaban J connectivity index is 2.22. The molecule has 1 aliphatic carbocycles. The third-order valence-electron chi connectivity index (χ3n) is 4.18. The highest BCUT2D eigenvalue weighted by Gasteiger charge is 2.37. The number of nitrogens with one attached hydrogen (secondary N) is 1. The fourth-order valence-corrected chi connectivity index (χ4v) is 3.09. The lowest BCUT2D eigenvalue weighted by molar-refractivity contribution is -0.145. The lowest BCUT2D eigenvalue weighted by Crippen LogP contribution is -2.51. The zero-order valence-corrected chi connectivity index (χ0v) is 12.6. The first-order valence-electron chi connectivity index (χ1n) is 7.29. The van der Waals surface area contributed by atoms with Gasteiger partial charge in [-0.15, -0.1) is 0 Å². The summed E-state index contributed by atoms with van der Waals surface area (Å²) in [6, 6.07) is 7.38. The first-order chi connectivity index (χ1) is 9.52. The number of rotatable bonds is 4. The van der Waals surface area contributed by atoms with Crippen LogP contribution in [-0.2, 0) is 10.3 Å². The third kappa shape index (κ3) is 3.53. The van der Waals surface area contributed by atoms with Crippen LogP contribution >= 0.6 is 11.6 Å². The second-order valence-electron chi connectivity index (χ2n) is 5.77. The van der Waals surface area contributed by atoms with Crippen LogP contribution in [0, 0.1) is 0 Å². The quantitative estimate of drug-likeness (QED) is 0.827. The summed E-state index contributed by atoms with van der Waals surface area (Å²) in [5, 5.41) is 13.6. The molecule has 0 saturated heterocycles. The van der Waals surface area contributed by atoms with Gasteiger partial charge in [0.25, 0.3) is 0 Å². The first kappa shape index (κ1) is 15.3. The SMILES string of the molecule is CC(NC1CCCCCC1)(C(=O)O)c1cccc(Cl)c1. The second-order valence-corrected chi connectivity index (χ2v) is 6.21. The van der Waals surface area contributed by atoms with Crippen molar-refractivity contribution in [1.29, 1.82) is 0 Å². The molecule has 0 aromatic heterocycles. The molecule has 1 unspecified atom stereocenters. The minimum Gasteiger partial charge on any atom is -0.480 e. The molecule has 1 atom stereocenters. The van der Waals surface area contributed by atoms with Gasteiger partial charge in [-0.2, -0.15) is 0 Å². The van der Waals surface area contributed by atoms with Crippen LogP contribution in [0.2, 0.25) is 5.02 Å². The number of benzene rings is 1. The maximum atomic E-state index is 11.8. The monoisotopic (exact) mass is 295 g/mol. The van der Waals surface area contributed by atoms with Crippen molar-refractivity contribution < 1.29 is 9.90 Å². The van der Waals surface area contributed by atoms with Gasteiger partial charge in [0.15, 0.2) is 0 Å². The van der Waals surface area contributed by atoms with E-state index < -0.39 is 11.5 Å². The number of carboxylic acids is 1. The van der Waals surface area contributed by atoms with E-state index in [0.717, 1.165) is 12.8 Å². The van der Waals surface area contributed by atoms with Crippen LogP contribution in [0.5, 0.6) is 0 Å². The van der Waals surface area contributed by atoms with E-state index in [2.05, 4.69) is 5.32 Å². The maximum Gasteiger partial charge on any atom is 0.328 e. The molecule has 1 saturated carbocycles. The highest BCUT2D eigenvalue weighted by atomic mass is 35.5. The summed E-state index contributed by atoms with van der Waals surface area (Å²) in [7, 11) is 0. The molecule has 20 heavy (non-hydrogen) atoms. The summed E-state index contributed by atoms with van der Waals surface area (Å²) in [4.78, 5) is 11.8. The number of aliphatic carboxylic acids is 1. The average Bonchev–Trinajstić information content (AvgIpc) is 2.67. The predicted octanol–water partition coefficient (Wildman–Crippen LogP) is 3.95. The highest BCUT2D eigenvalue weighted by Crippen LogP contribution is 2.27. The van der Waals surface area contributed by atoms with Gasteiger partial charge in [-0.05, 0) is 37.5 Å². The zero-order chi connectivity index (χ0) is 14.6. The molecule has 1 aromatic rings. The van der Waals surface area contributed by atoms with Gasteiger partial charge in [-0.1, -0.05) is 49.4 Å². The third-order valence-corrected chi connectivity index (χ3v) is 4.41. The summed E-state index contributed by atoms with van der Waals surface area (Å²) in [6.45, 7) is 1.73. The van der Waals surface area contributed by atoms with Crippen LogP contribution in [0.25, 0.3) is 0 Å². The Kier molecular flexibility index (Phi) is 5.06. The van der Waals surface area contributed by atoms with Crippen molar-refractivity contribution >= 4 is 17.6 Å². The zero-order valence-electron chi connectivity index (χ0n) is 11.9. The molecule has 1 fully saturated rings. The molecular formula is C16H22ClNO2. The van der Waals surface area contributed by atoms with Gasteiger partial charge in [0.05, 0.1) is 0 Å². The van der Waals surface area contributed by atoms with Gasteiger partial charge < -0.3 is 5.11 Å². The van der Waals surface area contributed by atoms with E-state index in [1.807, 2.05) is 6.07 Å². The molecular weight excluding hydrogens is 274 g/mol. The van der Waals surface area contributed by atoms with E-state index in [9.17, 15) is 9.90 Å². The molecule has 2 N–H and O–H groups in total. The predicted molar refractivity (Wildman–Crippen MR) is 81.1 cm³/mol. The van der Waals surface area contributed by atoms with E-state index in [0.29, 0.717) is 10.6 Å². The number of hydrogen-bond donors (Lipinski definition) is 2. The molecule has 0 bridgehead atoms. The van der Waals surface area contributed by atoms with E-state index in [1.54, 1.807) is 25.1 Å². The van der Waals surface area contributed by atoms with E-state index >= 15 is 0 Å². The summed E-state index contributed by atoms with van der Waals surface area (Å²) < 4.78 is 0. The van der Waals surface area contributed by atoms with E-state index in [-0.39, 0.29) is 6.04 Å². The average molecular weight is 296 g/mol. The molecule has 3 nitrogen and oxygen atoms in total.